The first-order chi connectivity index (χ1) is 5.66. The molecule has 0 aromatic rings. The van der Waals surface area contributed by atoms with Gasteiger partial charge < -0.3 is 7.00 Å². The molecule has 0 radical (unpaired) electrons. The largest absolute Gasteiger partial charge is 0.640 e. The van der Waals surface area contributed by atoms with E-state index in [9.17, 15) is 4.16 Å². The van der Waals surface area contributed by atoms with Crippen molar-refractivity contribution in [1.82, 2.24) is 0 Å². The molecule has 0 spiro atoms. The van der Waals surface area contributed by atoms with Crippen molar-refractivity contribution in [2.75, 3.05) is 0 Å². The molecular formula is C8H20Al2O2. The van der Waals surface area contributed by atoms with Crippen molar-refractivity contribution < 1.29 is 7.00 Å². The molecule has 2 nitrogen and oxygen atoms in total. The molecule has 0 unspecified atom stereocenters. The molecular weight excluding hydrogens is 182 g/mol. The van der Waals surface area contributed by atoms with Crippen molar-refractivity contribution in [2.45, 2.75) is 44.8 Å². The normalized spacial score (nSPS) is 10.7. The van der Waals surface area contributed by atoms with E-state index in [0.717, 1.165) is 17.6 Å². The highest BCUT2D eigenvalue weighted by Gasteiger charge is 2.14. The summed E-state index contributed by atoms with van der Waals surface area (Å²) in [5, 5.41) is 0.946. The van der Waals surface area contributed by atoms with Crippen LogP contribution in [-0.4, -0.2) is 35.6 Å². The summed E-state index contributed by atoms with van der Waals surface area (Å²) in [6.07, 6.45) is 5.04. The van der Waals surface area contributed by atoms with Gasteiger partial charge in [0.2, 0.25) is 0 Å². The van der Waals surface area contributed by atoms with E-state index in [2.05, 4.69) is 13.8 Å². The zero-order valence-electron chi connectivity index (χ0n) is 8.55. The van der Waals surface area contributed by atoms with Gasteiger partial charge in [-0.2, -0.15) is 0 Å². The minimum Gasteiger partial charge on any atom is -0.619 e. The topological polar surface area (TPSA) is 29.5 Å². The second kappa shape index (κ2) is 8.58. The molecule has 0 aliphatic carbocycles. The van der Waals surface area contributed by atoms with E-state index in [4.69, 9.17) is 2.84 Å². The van der Waals surface area contributed by atoms with E-state index < -0.39 is 14.8 Å². The molecule has 1 N–H and O–H groups in total. The Morgan fingerprint density at radius 3 is 2.50 bits per heavy atom. The van der Waals surface area contributed by atoms with Gasteiger partial charge in [-0.1, -0.05) is 39.5 Å². The average molecular weight is 202 g/mol. The fraction of sp³-hybridized carbons (Fsp3) is 1.00. The second-order valence-electron chi connectivity index (χ2n) is 3.72. The lowest BCUT2D eigenvalue weighted by atomic mass is 10.1. The predicted molar refractivity (Wildman–Crippen MR) is 55.7 cm³/mol. The summed E-state index contributed by atoms with van der Waals surface area (Å²) in [5.74, 6) is 0.821. The van der Waals surface area contributed by atoms with Gasteiger partial charge in [0.25, 0.3) is 0 Å². The molecule has 0 saturated carbocycles. The van der Waals surface area contributed by atoms with Gasteiger partial charge in [0.1, 0.15) is 0 Å². The Morgan fingerprint density at radius 2 is 2.00 bits per heavy atom. The molecule has 0 aromatic carbocycles. The monoisotopic (exact) mass is 202 g/mol. The average Bonchev–Trinajstić information content (AvgIpc) is 2.03. The van der Waals surface area contributed by atoms with Crippen molar-refractivity contribution >= 4 is 31.4 Å². The second-order valence-corrected chi connectivity index (χ2v) is 7.09. The van der Waals surface area contributed by atoms with Crippen LogP contribution in [-0.2, 0) is 2.84 Å². The van der Waals surface area contributed by atoms with Crippen LogP contribution in [0.25, 0.3) is 0 Å². The quantitative estimate of drug-likeness (QED) is 0.497. The fourth-order valence-corrected chi connectivity index (χ4v) is 2.75. The van der Waals surface area contributed by atoms with Crippen LogP contribution in [0.5, 0.6) is 0 Å². The summed E-state index contributed by atoms with van der Waals surface area (Å²) < 4.78 is 14.2. The molecule has 0 fully saturated rings. The highest BCUT2D eigenvalue weighted by atomic mass is 27.3. The van der Waals surface area contributed by atoms with E-state index in [0.29, 0.717) is 16.6 Å². The zero-order chi connectivity index (χ0) is 9.40. The Morgan fingerprint density at radius 1 is 1.33 bits per heavy atom. The molecule has 12 heavy (non-hydrogen) atoms. The molecule has 70 valence electrons. The van der Waals surface area contributed by atoms with E-state index in [1.807, 2.05) is 0 Å². The molecule has 0 rings (SSSR count). The molecule has 0 amide bonds. The van der Waals surface area contributed by atoms with Crippen LogP contribution in [0.4, 0.5) is 0 Å². The lowest BCUT2D eigenvalue weighted by molar-refractivity contribution is 0.428. The molecule has 0 saturated heterocycles. The van der Waals surface area contributed by atoms with E-state index in [1.54, 1.807) is 0 Å². The van der Waals surface area contributed by atoms with Crippen LogP contribution in [0.3, 0.4) is 0 Å². The number of unbranched alkanes of at least 4 members (excludes halogenated alkanes) is 2. The SMILES string of the molecule is CC(C)CCCC[CH2][Al]([OH])[O][AlH2]. The first-order valence-corrected chi connectivity index (χ1v) is 7.49. The van der Waals surface area contributed by atoms with Crippen molar-refractivity contribution in [2.24, 2.45) is 5.92 Å². The Balaban J connectivity index is 3.00. The summed E-state index contributed by atoms with van der Waals surface area (Å²) >= 11 is -0.986. The summed E-state index contributed by atoms with van der Waals surface area (Å²) in [6.45, 7) is 4.51. The third kappa shape index (κ3) is 9.08. The highest BCUT2D eigenvalue weighted by molar-refractivity contribution is 6.47. The van der Waals surface area contributed by atoms with Gasteiger partial charge in [-0.3, -0.25) is 0 Å². The molecule has 0 atom stereocenters. The minimum absolute atomic E-state index is 0.701. The lowest BCUT2D eigenvalue weighted by Gasteiger charge is -2.04. The van der Waals surface area contributed by atoms with Crippen LogP contribution in [0.2, 0.25) is 5.28 Å². The number of hydrogen-bond acceptors (Lipinski definition) is 2. The maximum atomic E-state index is 9.22. The van der Waals surface area contributed by atoms with Crippen molar-refractivity contribution in [3.63, 3.8) is 0 Å². The highest BCUT2D eigenvalue weighted by Crippen LogP contribution is 2.10. The maximum absolute atomic E-state index is 9.22. The van der Waals surface area contributed by atoms with Gasteiger partial charge in [-0.05, 0) is 11.2 Å². The van der Waals surface area contributed by atoms with Gasteiger partial charge in [0, 0.05) is 0 Å². The van der Waals surface area contributed by atoms with Gasteiger partial charge in [0.05, 0.1) is 0 Å². The van der Waals surface area contributed by atoms with Crippen LogP contribution in [0, 0.1) is 5.92 Å². The number of rotatable bonds is 7. The van der Waals surface area contributed by atoms with Crippen LogP contribution < -0.4 is 0 Å². The summed E-state index contributed by atoms with van der Waals surface area (Å²) in [4.78, 5) is 0. The van der Waals surface area contributed by atoms with Gasteiger partial charge in [-0.15, -0.1) is 0 Å². The minimum atomic E-state index is -1.69. The third-order valence-corrected chi connectivity index (χ3v) is 5.08. The standard InChI is InChI=1S/C8H17.2Al.H2O.O.2H/c1-4-5-6-7-8(2)3;;;;;;/h8H,1,4-7H2,2-3H3;;;1H2;;;/q;;+1;;;;/p-1. The molecule has 4 heteroatoms. The van der Waals surface area contributed by atoms with Gasteiger partial charge in [-0.25, -0.2) is 0 Å². The summed E-state index contributed by atoms with van der Waals surface area (Å²) in [5.41, 5.74) is 0. The van der Waals surface area contributed by atoms with Crippen molar-refractivity contribution in [3.8, 4) is 0 Å². The molecule has 0 aromatic heterocycles. The Bertz CT molecular complexity index is 99.1. The summed E-state index contributed by atoms with van der Waals surface area (Å²) in [6, 6.07) is 0. The van der Waals surface area contributed by atoms with Crippen LogP contribution in [0.15, 0.2) is 0 Å². The lowest BCUT2D eigenvalue weighted by Crippen LogP contribution is -2.15. The first kappa shape index (κ1) is 13.0. The summed E-state index contributed by atoms with van der Waals surface area (Å²) in [7, 11) is 0. The van der Waals surface area contributed by atoms with E-state index in [-0.39, 0.29) is 0 Å². The van der Waals surface area contributed by atoms with Crippen molar-refractivity contribution in [3.05, 3.63) is 0 Å². The molecule has 0 bridgehead atoms. The Kier molecular flexibility index (Phi) is 9.28. The smallest absolute Gasteiger partial charge is 0.619 e. The van der Waals surface area contributed by atoms with E-state index >= 15 is 0 Å². The van der Waals surface area contributed by atoms with Crippen LogP contribution >= 0.6 is 0 Å². The van der Waals surface area contributed by atoms with Crippen LogP contribution in [0.1, 0.15) is 39.5 Å². The molecule has 0 aliphatic rings. The van der Waals surface area contributed by atoms with Gasteiger partial charge in [0.15, 0.2) is 0 Å². The fourth-order valence-electron chi connectivity index (χ4n) is 1.17. The maximum Gasteiger partial charge on any atom is 0.640 e. The van der Waals surface area contributed by atoms with Gasteiger partial charge >= 0.3 is 31.4 Å². The first-order valence-electron chi connectivity index (χ1n) is 4.87. The number of hydrogen-bond donors (Lipinski definition) is 1. The van der Waals surface area contributed by atoms with E-state index in [1.165, 1.54) is 19.3 Å². The Labute approximate surface area is 89.1 Å². The third-order valence-electron chi connectivity index (χ3n) is 2.00. The Hall–Kier alpha value is 0.985. The molecule has 0 aliphatic heterocycles. The van der Waals surface area contributed by atoms with Crippen molar-refractivity contribution in [1.29, 1.82) is 0 Å². The zero-order valence-corrected chi connectivity index (χ0v) is 11.7. The predicted octanol–water partition coefficient (Wildman–Crippen LogP) is 1.25. The molecule has 0 heterocycles.